The van der Waals surface area contributed by atoms with Crippen molar-refractivity contribution in [3.05, 3.63) is 70.8 Å². The molecule has 43 heavy (non-hydrogen) atoms. The van der Waals surface area contributed by atoms with E-state index in [0.29, 0.717) is 6.54 Å². The number of benzene rings is 2. The fourth-order valence-electron chi connectivity index (χ4n) is 5.54. The molecule has 10 nitrogen and oxygen atoms in total. The van der Waals surface area contributed by atoms with E-state index in [4.69, 9.17) is 19.3 Å². The molecular formula is C33H44N2O8. The van der Waals surface area contributed by atoms with E-state index in [0.717, 1.165) is 41.6 Å². The van der Waals surface area contributed by atoms with E-state index in [1.165, 1.54) is 0 Å². The summed E-state index contributed by atoms with van der Waals surface area (Å²) < 4.78 is 18.9. The van der Waals surface area contributed by atoms with Crippen LogP contribution >= 0.6 is 0 Å². The number of hydrogen-bond acceptors (Lipinski definition) is 8. The summed E-state index contributed by atoms with van der Waals surface area (Å²) in [5, 5.41) is 21.0. The molecule has 0 aliphatic carbocycles. The average molecular weight is 597 g/mol. The van der Waals surface area contributed by atoms with Gasteiger partial charge in [-0.15, -0.1) is 0 Å². The summed E-state index contributed by atoms with van der Waals surface area (Å²) in [6.45, 7) is 9.31. The van der Waals surface area contributed by atoms with Crippen molar-refractivity contribution >= 4 is 17.8 Å². The number of hydrogen-bond donors (Lipinski definition) is 3. The summed E-state index contributed by atoms with van der Waals surface area (Å²) in [5.74, 6) is -1.56. The third kappa shape index (κ3) is 9.09. The molecule has 5 atom stereocenters. The van der Waals surface area contributed by atoms with Crippen molar-refractivity contribution in [1.82, 2.24) is 10.2 Å². The first-order valence-electron chi connectivity index (χ1n) is 15.0. The average Bonchev–Trinajstić information content (AvgIpc) is 3.44. The highest BCUT2D eigenvalue weighted by atomic mass is 16.7. The number of likely N-dealkylation sites (tertiary alicyclic amines) is 1. The lowest BCUT2D eigenvalue weighted by Gasteiger charge is -2.43. The van der Waals surface area contributed by atoms with Gasteiger partial charge in [-0.3, -0.25) is 19.3 Å². The van der Waals surface area contributed by atoms with Crippen LogP contribution in [0, 0.1) is 5.92 Å². The van der Waals surface area contributed by atoms with Crippen molar-refractivity contribution in [3.8, 4) is 0 Å². The quantitative estimate of drug-likeness (QED) is 0.325. The van der Waals surface area contributed by atoms with E-state index in [1.54, 1.807) is 0 Å². The van der Waals surface area contributed by atoms with Crippen molar-refractivity contribution in [2.45, 2.75) is 96.7 Å². The Morgan fingerprint density at radius 3 is 2.26 bits per heavy atom. The lowest BCUT2D eigenvalue weighted by molar-refractivity contribution is -0.276. The van der Waals surface area contributed by atoms with E-state index >= 15 is 0 Å². The number of aliphatic carboxylic acids is 1. The Hall–Kier alpha value is -3.31. The van der Waals surface area contributed by atoms with Crippen LogP contribution in [0.2, 0.25) is 0 Å². The predicted molar refractivity (Wildman–Crippen MR) is 159 cm³/mol. The van der Waals surface area contributed by atoms with Crippen LogP contribution in [0.3, 0.4) is 0 Å². The molecular weight excluding hydrogens is 552 g/mol. The topological polar surface area (TPSA) is 135 Å². The third-order valence-corrected chi connectivity index (χ3v) is 7.89. The molecule has 2 aliphatic rings. The van der Waals surface area contributed by atoms with Crippen molar-refractivity contribution in [1.29, 1.82) is 0 Å². The van der Waals surface area contributed by atoms with Gasteiger partial charge in [0.25, 0.3) is 0 Å². The van der Waals surface area contributed by atoms with Gasteiger partial charge in [0.05, 0.1) is 25.2 Å². The van der Waals surface area contributed by atoms with Gasteiger partial charge in [0.15, 0.2) is 6.29 Å². The van der Waals surface area contributed by atoms with Crippen molar-refractivity contribution in [2.75, 3.05) is 13.1 Å². The lowest BCUT2D eigenvalue weighted by Crippen LogP contribution is -2.48. The summed E-state index contributed by atoms with van der Waals surface area (Å²) in [6.07, 6.45) is 0.195. The van der Waals surface area contributed by atoms with Crippen molar-refractivity contribution < 1.29 is 38.8 Å². The van der Waals surface area contributed by atoms with Gasteiger partial charge in [-0.25, -0.2) is 0 Å². The van der Waals surface area contributed by atoms with Crippen LogP contribution in [0.1, 0.15) is 88.0 Å². The van der Waals surface area contributed by atoms with Gasteiger partial charge in [-0.2, -0.15) is 0 Å². The van der Waals surface area contributed by atoms with E-state index in [9.17, 15) is 19.5 Å². The second-order valence-electron chi connectivity index (χ2n) is 12.4. The number of carboxylic acid groups (broad SMARTS) is 1. The largest absolute Gasteiger partial charge is 0.481 e. The third-order valence-electron chi connectivity index (χ3n) is 7.89. The minimum atomic E-state index is -1.01. The molecule has 0 saturated carbocycles. The number of carbonyl (C=O) groups is 3. The second kappa shape index (κ2) is 14.4. The Labute approximate surface area is 253 Å². The molecule has 10 heteroatoms. The summed E-state index contributed by atoms with van der Waals surface area (Å²) in [7, 11) is 0. The van der Waals surface area contributed by atoms with Crippen LogP contribution in [0.25, 0.3) is 0 Å². The molecule has 0 aromatic heterocycles. The minimum Gasteiger partial charge on any atom is -0.481 e. The van der Waals surface area contributed by atoms with E-state index < -0.39 is 17.9 Å². The molecule has 0 spiro atoms. The molecule has 0 radical (unpaired) electrons. The zero-order valence-electron chi connectivity index (χ0n) is 25.5. The molecule has 4 rings (SSSR count). The van der Waals surface area contributed by atoms with E-state index in [-0.39, 0.29) is 62.0 Å². The summed E-state index contributed by atoms with van der Waals surface area (Å²) in [6, 6.07) is 15.0. The number of nitrogens with zero attached hydrogens (tertiary/aromatic N) is 1. The molecule has 2 aromatic carbocycles. The number of esters is 1. The monoisotopic (exact) mass is 596 g/mol. The normalized spacial score (nSPS) is 24.4. The fraction of sp³-hybridized carbons (Fsp3) is 0.545. The highest BCUT2D eigenvalue weighted by molar-refractivity contribution is 5.80. The molecule has 2 fully saturated rings. The zero-order valence-corrected chi connectivity index (χ0v) is 25.5. The molecule has 1 amide bonds. The zero-order chi connectivity index (χ0) is 31.1. The maximum Gasteiger partial charge on any atom is 0.323 e. The first-order chi connectivity index (χ1) is 20.4. The SMILES string of the molecule is C[C@@H]1[C@H](CN2CCC[C@H]2C(=O)OC(C)(C)C)O[C@H](c2ccc(CNC(=O)CCC(=O)O)cc2)O[C@@H]1c1ccc(CO)cc1. The second-order valence-corrected chi connectivity index (χ2v) is 12.4. The molecule has 3 N–H and O–H groups in total. The van der Waals surface area contributed by atoms with Crippen LogP contribution in [0.5, 0.6) is 0 Å². The molecule has 2 heterocycles. The first kappa shape index (κ1) is 32.6. The van der Waals surface area contributed by atoms with Gasteiger partial charge in [-0.05, 0) is 56.8 Å². The maximum atomic E-state index is 13.0. The van der Waals surface area contributed by atoms with Crippen molar-refractivity contribution in [3.63, 3.8) is 0 Å². The van der Waals surface area contributed by atoms with Gasteiger partial charge in [0.1, 0.15) is 11.6 Å². The number of aliphatic hydroxyl groups is 1. The number of rotatable bonds is 11. The van der Waals surface area contributed by atoms with Crippen molar-refractivity contribution in [2.24, 2.45) is 5.92 Å². The summed E-state index contributed by atoms with van der Waals surface area (Å²) >= 11 is 0. The van der Waals surface area contributed by atoms with Gasteiger partial charge in [0, 0.05) is 31.0 Å². The Bertz CT molecular complexity index is 1240. The van der Waals surface area contributed by atoms with Gasteiger partial charge < -0.3 is 29.7 Å². The van der Waals surface area contributed by atoms with E-state index in [2.05, 4.69) is 17.1 Å². The van der Waals surface area contributed by atoms with Gasteiger partial charge >= 0.3 is 11.9 Å². The highest BCUT2D eigenvalue weighted by Crippen LogP contribution is 2.42. The van der Waals surface area contributed by atoms with Crippen LogP contribution in [0.4, 0.5) is 0 Å². The summed E-state index contributed by atoms with van der Waals surface area (Å²) in [4.78, 5) is 37.8. The first-order valence-corrected chi connectivity index (χ1v) is 15.0. The molecule has 0 bridgehead atoms. The highest BCUT2D eigenvalue weighted by Gasteiger charge is 2.42. The van der Waals surface area contributed by atoms with Crippen LogP contribution in [-0.4, -0.2) is 63.8 Å². The molecule has 234 valence electrons. The van der Waals surface area contributed by atoms with E-state index in [1.807, 2.05) is 69.3 Å². The lowest BCUT2D eigenvalue weighted by atomic mass is 9.90. The maximum absolute atomic E-state index is 13.0. The predicted octanol–water partition coefficient (Wildman–Crippen LogP) is 4.26. The minimum absolute atomic E-state index is 0.0311. The Balaban J connectivity index is 1.50. The number of amides is 1. The number of ether oxygens (including phenoxy) is 3. The van der Waals surface area contributed by atoms with Gasteiger partial charge in [0.2, 0.25) is 5.91 Å². The Morgan fingerprint density at radius 1 is 0.977 bits per heavy atom. The number of carbonyl (C=O) groups excluding carboxylic acids is 2. The number of aliphatic hydroxyl groups excluding tert-OH is 1. The standard InChI is InChI=1S/C33H44N2O8/c1-21-27(19-35-17-5-6-26(35)31(40)43-33(2,3)4)41-32(42-30(21)24-11-9-23(20-36)10-12-24)25-13-7-22(8-14-25)18-34-28(37)15-16-29(38)39/h7-14,21,26-27,30,32,36H,5-6,15-20H2,1-4H3,(H,34,37)(H,38,39)/t21-,26+,27+,30+,32+/m1/s1. The van der Waals surface area contributed by atoms with Crippen LogP contribution in [-0.2, 0) is 41.7 Å². The molecule has 2 aliphatic heterocycles. The number of carboxylic acids is 1. The molecule has 2 saturated heterocycles. The Morgan fingerprint density at radius 2 is 1.63 bits per heavy atom. The molecule has 2 aromatic rings. The fourth-order valence-corrected chi connectivity index (χ4v) is 5.54. The van der Waals surface area contributed by atoms with Crippen LogP contribution < -0.4 is 5.32 Å². The summed E-state index contributed by atoms with van der Waals surface area (Å²) in [5.41, 5.74) is 2.92. The molecule has 0 unspecified atom stereocenters. The smallest absolute Gasteiger partial charge is 0.323 e. The van der Waals surface area contributed by atoms with Gasteiger partial charge in [-0.1, -0.05) is 55.5 Å². The Kier molecular flexibility index (Phi) is 10.9. The number of nitrogens with one attached hydrogen (secondary N) is 1. The van der Waals surface area contributed by atoms with Crippen LogP contribution in [0.15, 0.2) is 48.5 Å².